The summed E-state index contributed by atoms with van der Waals surface area (Å²) >= 11 is 5.60. The maximum absolute atomic E-state index is 11.1. The molecule has 0 unspecified atom stereocenters. The Labute approximate surface area is 95.3 Å². The van der Waals surface area contributed by atoms with E-state index >= 15 is 0 Å². The second-order valence-electron chi connectivity index (χ2n) is 3.07. The van der Waals surface area contributed by atoms with Crippen LogP contribution < -0.4 is 11.4 Å². The summed E-state index contributed by atoms with van der Waals surface area (Å²) in [5, 5.41) is 4.08. The number of H-pyrrole nitrogens is 1. The number of nitrogens with two attached hydrogens (primary N) is 1. The summed E-state index contributed by atoms with van der Waals surface area (Å²) in [5.41, 5.74) is 5.91. The first-order chi connectivity index (χ1) is 7.60. The lowest BCUT2D eigenvalue weighted by atomic mass is 10.3. The van der Waals surface area contributed by atoms with E-state index in [0.717, 1.165) is 12.1 Å². The van der Waals surface area contributed by atoms with Crippen LogP contribution in [-0.2, 0) is 6.42 Å². The topological polar surface area (TPSA) is 102 Å². The molecular weight excluding hydrogens is 232 g/mol. The van der Waals surface area contributed by atoms with E-state index in [1.807, 2.05) is 6.92 Å². The minimum absolute atomic E-state index is 0.0528. The van der Waals surface area contributed by atoms with Crippen molar-refractivity contribution in [2.24, 2.45) is 0 Å². The monoisotopic (exact) mass is 240 g/mol. The van der Waals surface area contributed by atoms with Crippen molar-refractivity contribution in [3.63, 3.8) is 0 Å². The molecule has 0 aliphatic heterocycles. The molecule has 0 atom stereocenters. The number of anilines is 1. The van der Waals surface area contributed by atoms with Crippen LogP contribution in [0.1, 0.15) is 12.6 Å². The first-order valence-corrected chi connectivity index (χ1v) is 4.96. The van der Waals surface area contributed by atoms with E-state index in [4.69, 9.17) is 17.3 Å². The number of hydrogen-bond acceptors (Lipinski definition) is 5. The summed E-state index contributed by atoms with van der Waals surface area (Å²) in [5.74, 6) is 0.421. The Morgan fingerprint density at radius 3 is 2.88 bits per heavy atom. The maximum atomic E-state index is 11.1. The first-order valence-electron chi connectivity index (χ1n) is 4.59. The molecule has 0 radical (unpaired) electrons. The predicted octanol–water partition coefficient (Wildman–Crippen LogP) is 0.149. The third-order valence-electron chi connectivity index (χ3n) is 1.95. The SMILES string of the molecule is CCc1cc(N)n(-c2nc(Cl)[nH]c(=O)n2)n1. The summed E-state index contributed by atoms with van der Waals surface area (Å²) in [6.45, 7) is 1.94. The van der Waals surface area contributed by atoms with Gasteiger partial charge in [0.15, 0.2) is 0 Å². The lowest BCUT2D eigenvalue weighted by Crippen LogP contribution is -2.17. The molecule has 2 heterocycles. The van der Waals surface area contributed by atoms with Crippen LogP contribution in [0.2, 0.25) is 5.28 Å². The van der Waals surface area contributed by atoms with Crippen LogP contribution in [-0.4, -0.2) is 24.7 Å². The molecule has 0 aliphatic carbocycles. The fraction of sp³-hybridized carbons (Fsp3) is 0.250. The molecule has 16 heavy (non-hydrogen) atoms. The zero-order valence-electron chi connectivity index (χ0n) is 8.44. The number of nitrogens with one attached hydrogen (secondary N) is 1. The normalized spacial score (nSPS) is 10.6. The Bertz CT molecular complexity index is 574. The molecular formula is C8H9ClN6O. The van der Waals surface area contributed by atoms with Crippen molar-refractivity contribution in [3.05, 3.63) is 27.5 Å². The Balaban J connectivity index is 2.57. The number of aromatic amines is 1. The molecule has 0 bridgehead atoms. The van der Waals surface area contributed by atoms with E-state index in [0.29, 0.717) is 5.82 Å². The molecule has 0 aliphatic rings. The number of aromatic nitrogens is 5. The van der Waals surface area contributed by atoms with Crippen LogP contribution in [0.15, 0.2) is 10.9 Å². The van der Waals surface area contributed by atoms with Gasteiger partial charge in [-0.1, -0.05) is 6.92 Å². The first kappa shape index (κ1) is 10.6. The van der Waals surface area contributed by atoms with Gasteiger partial charge in [-0.05, 0) is 18.0 Å². The highest BCUT2D eigenvalue weighted by atomic mass is 35.5. The van der Waals surface area contributed by atoms with Crippen LogP contribution in [0.3, 0.4) is 0 Å². The van der Waals surface area contributed by atoms with Gasteiger partial charge in [-0.3, -0.25) is 4.98 Å². The van der Waals surface area contributed by atoms with Gasteiger partial charge < -0.3 is 5.73 Å². The fourth-order valence-corrected chi connectivity index (χ4v) is 1.38. The number of aryl methyl sites for hydroxylation is 1. The minimum Gasteiger partial charge on any atom is -0.383 e. The summed E-state index contributed by atoms with van der Waals surface area (Å²) in [7, 11) is 0. The molecule has 2 aromatic heterocycles. The zero-order chi connectivity index (χ0) is 11.7. The number of nitrogens with zero attached hydrogens (tertiary/aromatic N) is 4. The fourth-order valence-electron chi connectivity index (χ4n) is 1.22. The smallest absolute Gasteiger partial charge is 0.350 e. The average Bonchev–Trinajstić information content (AvgIpc) is 2.58. The summed E-state index contributed by atoms with van der Waals surface area (Å²) < 4.78 is 1.28. The van der Waals surface area contributed by atoms with Crippen molar-refractivity contribution in [1.82, 2.24) is 24.7 Å². The molecule has 2 rings (SSSR count). The van der Waals surface area contributed by atoms with E-state index in [1.165, 1.54) is 4.68 Å². The molecule has 0 fully saturated rings. The Morgan fingerprint density at radius 1 is 1.56 bits per heavy atom. The Hall–Kier alpha value is -1.89. The van der Waals surface area contributed by atoms with Gasteiger partial charge in [0.05, 0.1) is 5.69 Å². The van der Waals surface area contributed by atoms with Gasteiger partial charge in [0.25, 0.3) is 5.95 Å². The van der Waals surface area contributed by atoms with Crippen LogP contribution in [0, 0.1) is 0 Å². The molecule has 7 nitrogen and oxygen atoms in total. The number of halogens is 1. The maximum Gasteiger partial charge on any atom is 0.350 e. The highest BCUT2D eigenvalue weighted by molar-refractivity contribution is 6.28. The Kier molecular flexibility index (Phi) is 2.61. The minimum atomic E-state index is -0.594. The molecule has 0 spiro atoms. The van der Waals surface area contributed by atoms with E-state index in [2.05, 4.69) is 20.1 Å². The van der Waals surface area contributed by atoms with E-state index in [1.54, 1.807) is 6.07 Å². The van der Waals surface area contributed by atoms with Crippen LogP contribution >= 0.6 is 11.6 Å². The van der Waals surface area contributed by atoms with Gasteiger partial charge in [-0.15, -0.1) is 0 Å². The molecule has 84 valence electrons. The average molecular weight is 241 g/mol. The van der Waals surface area contributed by atoms with E-state index in [-0.39, 0.29) is 11.2 Å². The molecule has 0 aromatic carbocycles. The molecule has 0 saturated heterocycles. The largest absolute Gasteiger partial charge is 0.383 e. The quantitative estimate of drug-likeness (QED) is 0.778. The third kappa shape index (κ3) is 1.89. The van der Waals surface area contributed by atoms with Gasteiger partial charge >= 0.3 is 5.69 Å². The van der Waals surface area contributed by atoms with Gasteiger partial charge in [0.1, 0.15) is 5.82 Å². The van der Waals surface area contributed by atoms with Crippen molar-refractivity contribution >= 4 is 17.4 Å². The van der Waals surface area contributed by atoms with E-state index in [9.17, 15) is 4.79 Å². The van der Waals surface area contributed by atoms with Gasteiger partial charge in [-0.2, -0.15) is 19.7 Å². The summed E-state index contributed by atoms with van der Waals surface area (Å²) in [6.07, 6.45) is 0.730. The molecule has 3 N–H and O–H groups in total. The lowest BCUT2D eigenvalue weighted by Gasteiger charge is -2.00. The van der Waals surface area contributed by atoms with Gasteiger partial charge in [0.2, 0.25) is 5.28 Å². The molecule has 0 amide bonds. The predicted molar refractivity (Wildman–Crippen MR) is 58.6 cm³/mol. The van der Waals surface area contributed by atoms with Crippen molar-refractivity contribution in [3.8, 4) is 5.95 Å². The number of nitrogen functional groups attached to an aromatic ring is 1. The zero-order valence-corrected chi connectivity index (χ0v) is 9.19. The second kappa shape index (κ2) is 3.93. The van der Waals surface area contributed by atoms with Crippen molar-refractivity contribution < 1.29 is 0 Å². The standard InChI is InChI=1S/C8H9ClN6O/c1-2-4-3-5(10)15(14-4)7-11-6(9)12-8(16)13-7/h3H,2,10H2,1H3,(H,11,12,13,16). The number of hydrogen-bond donors (Lipinski definition) is 2. The Morgan fingerprint density at radius 2 is 2.31 bits per heavy atom. The molecule has 2 aromatic rings. The highest BCUT2D eigenvalue weighted by Gasteiger charge is 2.09. The van der Waals surface area contributed by atoms with Gasteiger partial charge in [0, 0.05) is 6.07 Å². The molecule has 0 saturated carbocycles. The third-order valence-corrected chi connectivity index (χ3v) is 2.13. The van der Waals surface area contributed by atoms with Crippen LogP contribution in [0.25, 0.3) is 5.95 Å². The van der Waals surface area contributed by atoms with Crippen molar-refractivity contribution in [2.45, 2.75) is 13.3 Å². The van der Waals surface area contributed by atoms with Crippen molar-refractivity contribution in [1.29, 1.82) is 0 Å². The highest BCUT2D eigenvalue weighted by Crippen LogP contribution is 2.11. The van der Waals surface area contributed by atoms with Crippen molar-refractivity contribution in [2.75, 3.05) is 5.73 Å². The summed E-state index contributed by atoms with van der Waals surface area (Å²) in [6, 6.07) is 1.69. The van der Waals surface area contributed by atoms with Crippen LogP contribution in [0.4, 0.5) is 5.82 Å². The second-order valence-corrected chi connectivity index (χ2v) is 3.43. The molecule has 8 heteroatoms. The van der Waals surface area contributed by atoms with Crippen LogP contribution in [0.5, 0.6) is 0 Å². The summed E-state index contributed by atoms with van der Waals surface area (Å²) in [4.78, 5) is 20.8. The lowest BCUT2D eigenvalue weighted by molar-refractivity contribution is 0.772. The number of rotatable bonds is 2. The van der Waals surface area contributed by atoms with Gasteiger partial charge in [-0.25, -0.2) is 4.79 Å². The van der Waals surface area contributed by atoms with E-state index < -0.39 is 5.69 Å².